The first-order chi connectivity index (χ1) is 19.8. The molecule has 3 heterocycles. The average molecular weight is 581 g/mol. The number of anilines is 1. The van der Waals surface area contributed by atoms with Gasteiger partial charge in [0.15, 0.2) is 11.6 Å². The van der Waals surface area contributed by atoms with E-state index in [-0.39, 0.29) is 37.3 Å². The van der Waals surface area contributed by atoms with Crippen LogP contribution in [0.25, 0.3) is 31.8 Å². The molecule has 0 aliphatic rings. The number of benzene rings is 2. The number of fused-ring (bicyclic) bond motifs is 2. The topological polar surface area (TPSA) is 151 Å². The quantitative estimate of drug-likeness (QED) is 0.224. The number of aromatic nitrogens is 5. The standard InChI is InChI=1S/C27H25FN6O6S/c1-14-6-17(24-20(7-14)33-23(37-3)12-29-24)25-34-19-8-18(28)21(9-22(19)41-25)38-4-5-39-27(36)32-16-10-30-26(31-11-16)40-15(2)13-35/h6-12,15,35H,4-5,13H2,1-3H3,(H,32,36)/t15-/m1/s1. The second kappa shape index (κ2) is 12.2. The van der Waals surface area contributed by atoms with Crippen molar-refractivity contribution in [3.05, 3.63) is 54.2 Å². The summed E-state index contributed by atoms with van der Waals surface area (Å²) < 4.78 is 36.6. The highest BCUT2D eigenvalue weighted by Crippen LogP contribution is 2.37. The lowest BCUT2D eigenvalue weighted by Gasteiger charge is -2.11. The van der Waals surface area contributed by atoms with Crippen LogP contribution < -0.4 is 19.5 Å². The van der Waals surface area contributed by atoms with E-state index in [0.717, 1.165) is 11.1 Å². The van der Waals surface area contributed by atoms with Crippen LogP contribution in [0.3, 0.4) is 0 Å². The van der Waals surface area contributed by atoms with Crippen LogP contribution in [-0.2, 0) is 4.74 Å². The van der Waals surface area contributed by atoms with Crippen LogP contribution in [0.2, 0.25) is 0 Å². The number of hydrogen-bond donors (Lipinski definition) is 2. The molecule has 3 aromatic heterocycles. The second-order valence-corrected chi connectivity index (χ2v) is 9.87. The Morgan fingerprint density at radius 3 is 2.63 bits per heavy atom. The van der Waals surface area contributed by atoms with Crippen molar-refractivity contribution in [1.29, 1.82) is 0 Å². The van der Waals surface area contributed by atoms with Crippen LogP contribution in [-0.4, -0.2) is 69.2 Å². The number of nitrogens with zero attached hydrogens (tertiary/aromatic N) is 5. The van der Waals surface area contributed by atoms with Crippen molar-refractivity contribution in [3.8, 4) is 28.2 Å². The Hall–Kier alpha value is -4.69. The predicted octanol–water partition coefficient (Wildman–Crippen LogP) is 4.54. The predicted molar refractivity (Wildman–Crippen MR) is 149 cm³/mol. The van der Waals surface area contributed by atoms with Gasteiger partial charge in [0.1, 0.15) is 24.3 Å². The molecule has 0 aliphatic heterocycles. The van der Waals surface area contributed by atoms with Gasteiger partial charge in [-0.1, -0.05) is 0 Å². The molecule has 0 aliphatic carbocycles. The Kier molecular flexibility index (Phi) is 8.31. The van der Waals surface area contributed by atoms with Crippen LogP contribution in [0.1, 0.15) is 12.5 Å². The summed E-state index contributed by atoms with van der Waals surface area (Å²) in [6.07, 6.45) is 2.99. The minimum absolute atomic E-state index is 0.0106. The second-order valence-electron chi connectivity index (χ2n) is 8.84. The van der Waals surface area contributed by atoms with Gasteiger partial charge in [-0.3, -0.25) is 5.32 Å². The maximum absolute atomic E-state index is 14.8. The molecule has 12 nitrogen and oxygen atoms in total. The fourth-order valence-electron chi connectivity index (χ4n) is 3.76. The van der Waals surface area contributed by atoms with Gasteiger partial charge in [-0.05, 0) is 31.5 Å². The lowest BCUT2D eigenvalue weighted by atomic mass is 10.1. The third-order valence-corrected chi connectivity index (χ3v) is 6.71. The van der Waals surface area contributed by atoms with Gasteiger partial charge >= 0.3 is 12.1 Å². The molecule has 1 atom stereocenters. The first kappa shape index (κ1) is 27.9. The minimum Gasteiger partial charge on any atom is -0.487 e. The molecule has 5 rings (SSSR count). The van der Waals surface area contributed by atoms with Crippen molar-refractivity contribution in [2.24, 2.45) is 0 Å². The Morgan fingerprint density at radius 1 is 1.07 bits per heavy atom. The highest BCUT2D eigenvalue weighted by molar-refractivity contribution is 7.21. The molecule has 41 heavy (non-hydrogen) atoms. The molecule has 1 amide bonds. The summed E-state index contributed by atoms with van der Waals surface area (Å²) in [6.45, 7) is 3.21. The summed E-state index contributed by atoms with van der Waals surface area (Å²) in [5.41, 5.74) is 3.85. The van der Waals surface area contributed by atoms with Gasteiger partial charge in [-0.15, -0.1) is 11.3 Å². The number of methoxy groups -OCH3 is 1. The van der Waals surface area contributed by atoms with Gasteiger partial charge < -0.3 is 24.1 Å². The summed E-state index contributed by atoms with van der Waals surface area (Å²) in [4.78, 5) is 33.5. The van der Waals surface area contributed by atoms with E-state index in [1.807, 2.05) is 19.1 Å². The third kappa shape index (κ3) is 6.56. The summed E-state index contributed by atoms with van der Waals surface area (Å²) in [5.74, 6) is -0.171. The molecule has 0 saturated heterocycles. The molecule has 0 radical (unpaired) electrons. The van der Waals surface area contributed by atoms with Crippen molar-refractivity contribution in [2.45, 2.75) is 20.0 Å². The maximum atomic E-state index is 14.8. The Labute approximate surface area is 237 Å². The monoisotopic (exact) mass is 580 g/mol. The van der Waals surface area contributed by atoms with E-state index in [4.69, 9.17) is 24.1 Å². The van der Waals surface area contributed by atoms with Gasteiger partial charge in [-0.2, -0.15) is 0 Å². The number of thiazole rings is 1. The summed E-state index contributed by atoms with van der Waals surface area (Å²) in [6, 6.07) is 6.81. The number of halogens is 1. The van der Waals surface area contributed by atoms with E-state index in [2.05, 4.69) is 30.2 Å². The number of aliphatic hydroxyl groups excluding tert-OH is 1. The Morgan fingerprint density at radius 2 is 1.88 bits per heavy atom. The maximum Gasteiger partial charge on any atom is 0.411 e. The van der Waals surface area contributed by atoms with Crippen molar-refractivity contribution in [3.63, 3.8) is 0 Å². The van der Waals surface area contributed by atoms with E-state index in [1.165, 1.54) is 36.9 Å². The van der Waals surface area contributed by atoms with E-state index in [0.29, 0.717) is 32.1 Å². The Bertz CT molecular complexity index is 1700. The van der Waals surface area contributed by atoms with Crippen LogP contribution in [0.15, 0.2) is 42.9 Å². The van der Waals surface area contributed by atoms with Gasteiger partial charge in [0.05, 0.1) is 59.2 Å². The van der Waals surface area contributed by atoms with E-state index >= 15 is 0 Å². The zero-order chi connectivity index (χ0) is 28.9. The lowest BCUT2D eigenvalue weighted by molar-refractivity contribution is 0.120. The number of amides is 1. The minimum atomic E-state index is -0.760. The number of rotatable bonds is 10. The summed E-state index contributed by atoms with van der Waals surface area (Å²) >= 11 is 1.37. The molecule has 0 spiro atoms. The van der Waals surface area contributed by atoms with Crippen LogP contribution in [0.4, 0.5) is 14.9 Å². The first-order valence-corrected chi connectivity index (χ1v) is 13.2. The van der Waals surface area contributed by atoms with E-state index < -0.39 is 18.0 Å². The van der Waals surface area contributed by atoms with Crippen molar-refractivity contribution >= 4 is 44.4 Å². The van der Waals surface area contributed by atoms with Crippen molar-refractivity contribution in [2.75, 3.05) is 32.2 Å². The molecule has 5 aromatic rings. The van der Waals surface area contributed by atoms with E-state index in [1.54, 1.807) is 19.2 Å². The fourth-order valence-corrected chi connectivity index (χ4v) is 4.76. The number of carbonyl (C=O) groups excluding carboxylic acids is 1. The SMILES string of the molecule is COc1cnc2c(-c3nc4cc(F)c(OCCOC(=O)Nc5cnc(O[C@H](C)CO)nc5)cc4s3)cc(C)cc2n1. The first-order valence-electron chi connectivity index (χ1n) is 12.4. The van der Waals surface area contributed by atoms with Gasteiger partial charge in [-0.25, -0.2) is 34.1 Å². The number of hydrogen-bond acceptors (Lipinski definition) is 12. The molecule has 0 bridgehead atoms. The fraction of sp³-hybridized carbons (Fsp3) is 0.259. The molecule has 212 valence electrons. The van der Waals surface area contributed by atoms with Gasteiger partial charge in [0.25, 0.3) is 0 Å². The number of aryl methyl sites for hydroxylation is 1. The van der Waals surface area contributed by atoms with Crippen LogP contribution >= 0.6 is 11.3 Å². The molecule has 0 fully saturated rings. The van der Waals surface area contributed by atoms with Crippen molar-refractivity contribution < 1.29 is 33.2 Å². The Balaban J connectivity index is 1.21. The van der Waals surface area contributed by atoms with Gasteiger partial charge in [0.2, 0.25) is 5.88 Å². The molecule has 0 saturated carbocycles. The van der Waals surface area contributed by atoms with Crippen molar-refractivity contribution in [1.82, 2.24) is 24.9 Å². The number of carbonyl (C=O) groups is 1. The van der Waals surface area contributed by atoms with Crippen LogP contribution in [0, 0.1) is 12.7 Å². The van der Waals surface area contributed by atoms with Crippen LogP contribution in [0.5, 0.6) is 17.6 Å². The molecular weight excluding hydrogens is 555 g/mol. The zero-order valence-corrected chi connectivity index (χ0v) is 23.1. The van der Waals surface area contributed by atoms with Gasteiger partial charge in [0, 0.05) is 17.7 Å². The third-order valence-electron chi connectivity index (χ3n) is 5.66. The average Bonchev–Trinajstić information content (AvgIpc) is 3.37. The molecule has 2 N–H and O–H groups in total. The molecule has 0 unspecified atom stereocenters. The smallest absolute Gasteiger partial charge is 0.411 e. The summed E-state index contributed by atoms with van der Waals surface area (Å²) in [5, 5.41) is 12.1. The molecule has 2 aromatic carbocycles. The largest absolute Gasteiger partial charge is 0.487 e. The molecular formula is C27H25FN6O6S. The lowest BCUT2D eigenvalue weighted by Crippen LogP contribution is -2.19. The number of nitrogens with one attached hydrogen (secondary N) is 1. The zero-order valence-electron chi connectivity index (χ0n) is 22.3. The highest BCUT2D eigenvalue weighted by Gasteiger charge is 2.16. The highest BCUT2D eigenvalue weighted by atomic mass is 32.1. The number of ether oxygens (including phenoxy) is 4. The van der Waals surface area contributed by atoms with E-state index in [9.17, 15) is 9.18 Å². The normalized spacial score (nSPS) is 11.8. The summed E-state index contributed by atoms with van der Waals surface area (Å²) in [7, 11) is 1.53. The molecule has 14 heteroatoms. The number of aliphatic hydroxyl groups is 1.